The number of hydrogen-bond donors (Lipinski definition) is 1. The summed E-state index contributed by atoms with van der Waals surface area (Å²) in [4.78, 5) is 5.29. The van der Waals surface area contributed by atoms with Crippen molar-refractivity contribution in [3.8, 4) is 0 Å². The van der Waals surface area contributed by atoms with E-state index < -0.39 is 0 Å². The van der Waals surface area contributed by atoms with Gasteiger partial charge in [-0.25, -0.2) is 0 Å². The van der Waals surface area contributed by atoms with Gasteiger partial charge in [-0.3, -0.25) is 9.80 Å². The van der Waals surface area contributed by atoms with Crippen LogP contribution in [0.2, 0.25) is 0 Å². The fraction of sp³-hybridized carbons (Fsp3) is 0.647. The summed E-state index contributed by atoms with van der Waals surface area (Å²) in [5.41, 5.74) is 8.52. The summed E-state index contributed by atoms with van der Waals surface area (Å²) in [6.45, 7) is 9.06. The number of fused-ring (bicyclic) bond motifs is 1. The van der Waals surface area contributed by atoms with Crippen LogP contribution >= 0.6 is 0 Å². The van der Waals surface area contributed by atoms with Crippen molar-refractivity contribution in [3.63, 3.8) is 0 Å². The average Bonchev–Trinajstić information content (AvgIpc) is 2.95. The van der Waals surface area contributed by atoms with Gasteiger partial charge in [0.05, 0.1) is 0 Å². The molecular formula is C17H27N3. The molecule has 0 aliphatic carbocycles. The number of piperazine rings is 1. The third-order valence-corrected chi connectivity index (χ3v) is 4.98. The maximum atomic E-state index is 5.73. The molecule has 20 heavy (non-hydrogen) atoms. The zero-order valence-corrected chi connectivity index (χ0v) is 12.6. The van der Waals surface area contributed by atoms with Crippen LogP contribution in [0.5, 0.6) is 0 Å². The number of hydrogen-bond acceptors (Lipinski definition) is 3. The van der Waals surface area contributed by atoms with E-state index >= 15 is 0 Å². The van der Waals surface area contributed by atoms with Crippen molar-refractivity contribution in [2.45, 2.75) is 38.3 Å². The van der Waals surface area contributed by atoms with Gasteiger partial charge in [0.2, 0.25) is 0 Å². The number of benzene rings is 1. The molecule has 2 atom stereocenters. The van der Waals surface area contributed by atoms with Crippen molar-refractivity contribution in [1.29, 1.82) is 0 Å². The molecule has 3 nitrogen and oxygen atoms in total. The highest BCUT2D eigenvalue weighted by Gasteiger charge is 2.30. The fourth-order valence-electron chi connectivity index (χ4n) is 3.54. The molecule has 0 amide bonds. The maximum absolute atomic E-state index is 5.73. The predicted molar refractivity (Wildman–Crippen MR) is 83.8 cm³/mol. The monoisotopic (exact) mass is 273 g/mol. The van der Waals surface area contributed by atoms with E-state index in [2.05, 4.69) is 41.0 Å². The van der Waals surface area contributed by atoms with E-state index in [1.165, 1.54) is 50.1 Å². The second-order valence-electron chi connectivity index (χ2n) is 6.45. The lowest BCUT2D eigenvalue weighted by Crippen LogP contribution is -2.49. The van der Waals surface area contributed by atoms with Crippen LogP contribution in [0.25, 0.3) is 0 Å². The van der Waals surface area contributed by atoms with Crippen LogP contribution < -0.4 is 5.73 Å². The van der Waals surface area contributed by atoms with Gasteiger partial charge in [-0.1, -0.05) is 31.2 Å². The van der Waals surface area contributed by atoms with Crippen LogP contribution in [0.3, 0.4) is 0 Å². The second-order valence-corrected chi connectivity index (χ2v) is 6.45. The van der Waals surface area contributed by atoms with Crippen molar-refractivity contribution in [2.75, 3.05) is 32.7 Å². The first kappa shape index (κ1) is 14.1. The Balaban J connectivity index is 1.57. The molecule has 0 bridgehead atoms. The molecule has 2 N–H and O–H groups in total. The summed E-state index contributed by atoms with van der Waals surface area (Å²) < 4.78 is 0. The Hall–Kier alpha value is -0.900. The lowest BCUT2D eigenvalue weighted by molar-refractivity contribution is 0.0994. The quantitative estimate of drug-likeness (QED) is 0.911. The Kier molecular flexibility index (Phi) is 4.39. The van der Waals surface area contributed by atoms with Crippen LogP contribution in [-0.4, -0.2) is 48.6 Å². The molecule has 2 aliphatic heterocycles. The summed E-state index contributed by atoms with van der Waals surface area (Å²) in [6.07, 6.45) is 2.79. The van der Waals surface area contributed by atoms with Crippen molar-refractivity contribution in [1.82, 2.24) is 9.80 Å². The highest BCUT2D eigenvalue weighted by molar-refractivity contribution is 5.25. The molecule has 3 rings (SSSR count). The average molecular weight is 273 g/mol. The molecule has 0 saturated carbocycles. The van der Waals surface area contributed by atoms with Gasteiger partial charge in [0.15, 0.2) is 0 Å². The van der Waals surface area contributed by atoms with Gasteiger partial charge in [-0.2, -0.15) is 0 Å². The van der Waals surface area contributed by atoms with Crippen molar-refractivity contribution in [3.05, 3.63) is 35.4 Å². The van der Waals surface area contributed by atoms with Crippen LogP contribution in [-0.2, 0) is 6.54 Å². The van der Waals surface area contributed by atoms with Crippen LogP contribution in [0, 0.1) is 0 Å². The number of nitrogens with two attached hydrogens (primary N) is 1. The Morgan fingerprint density at radius 2 is 2.00 bits per heavy atom. The summed E-state index contributed by atoms with van der Waals surface area (Å²) in [7, 11) is 0. The van der Waals surface area contributed by atoms with Gasteiger partial charge in [0.1, 0.15) is 0 Å². The normalized spacial score (nSPS) is 25.6. The molecule has 2 fully saturated rings. The second kappa shape index (κ2) is 6.25. The number of nitrogens with zero attached hydrogens (tertiary/aromatic N) is 2. The third-order valence-electron chi connectivity index (χ3n) is 4.98. The van der Waals surface area contributed by atoms with Crippen LogP contribution in [0.4, 0.5) is 0 Å². The molecule has 2 saturated heterocycles. The highest BCUT2D eigenvalue weighted by Crippen LogP contribution is 2.23. The van der Waals surface area contributed by atoms with Gasteiger partial charge in [-0.05, 0) is 43.0 Å². The minimum Gasteiger partial charge on any atom is -0.330 e. The van der Waals surface area contributed by atoms with Crippen molar-refractivity contribution >= 4 is 0 Å². The van der Waals surface area contributed by atoms with Crippen LogP contribution in [0.15, 0.2) is 24.3 Å². The first-order valence-electron chi connectivity index (χ1n) is 8.01. The molecule has 110 valence electrons. The summed E-state index contributed by atoms with van der Waals surface area (Å²) in [5, 5.41) is 0. The molecular weight excluding hydrogens is 246 g/mol. The molecule has 1 aromatic rings. The lowest BCUT2D eigenvalue weighted by atomic mass is 10.00. The Bertz CT molecular complexity index is 428. The van der Waals surface area contributed by atoms with E-state index in [9.17, 15) is 0 Å². The van der Waals surface area contributed by atoms with Crippen LogP contribution in [0.1, 0.15) is 36.8 Å². The Labute approximate surface area is 122 Å². The SMILES string of the molecule is CC(CN)c1ccc(CN2CCN3CCCC3C2)cc1. The van der Waals surface area contributed by atoms with Gasteiger partial charge in [-0.15, -0.1) is 0 Å². The van der Waals surface area contributed by atoms with E-state index in [0.29, 0.717) is 5.92 Å². The zero-order valence-electron chi connectivity index (χ0n) is 12.6. The van der Waals surface area contributed by atoms with E-state index in [0.717, 1.165) is 19.1 Å². The molecule has 2 aliphatic rings. The Morgan fingerprint density at radius 3 is 2.75 bits per heavy atom. The molecule has 1 aromatic carbocycles. The Morgan fingerprint density at radius 1 is 1.20 bits per heavy atom. The summed E-state index contributed by atoms with van der Waals surface area (Å²) in [6, 6.07) is 9.88. The molecule has 0 radical (unpaired) electrons. The van der Waals surface area contributed by atoms with Crippen molar-refractivity contribution in [2.24, 2.45) is 5.73 Å². The highest BCUT2D eigenvalue weighted by atomic mass is 15.3. The predicted octanol–water partition coefficient (Wildman–Crippen LogP) is 2.03. The smallest absolute Gasteiger partial charge is 0.0234 e. The molecule has 3 heteroatoms. The molecule has 2 heterocycles. The van der Waals surface area contributed by atoms with Gasteiger partial charge in [0.25, 0.3) is 0 Å². The molecule has 0 spiro atoms. The topological polar surface area (TPSA) is 32.5 Å². The van der Waals surface area contributed by atoms with Crippen molar-refractivity contribution < 1.29 is 0 Å². The van der Waals surface area contributed by atoms with E-state index in [-0.39, 0.29) is 0 Å². The van der Waals surface area contributed by atoms with E-state index in [1.54, 1.807) is 0 Å². The number of rotatable bonds is 4. The minimum atomic E-state index is 0.464. The standard InChI is InChI=1S/C17H27N3/c1-14(11-18)16-6-4-15(5-7-16)12-19-9-10-20-8-2-3-17(20)13-19/h4-7,14,17H,2-3,8-13,18H2,1H3. The zero-order chi connectivity index (χ0) is 13.9. The summed E-state index contributed by atoms with van der Waals surface area (Å²) in [5.74, 6) is 0.464. The van der Waals surface area contributed by atoms with E-state index in [1.807, 2.05) is 0 Å². The molecule has 0 aromatic heterocycles. The third kappa shape index (κ3) is 3.05. The van der Waals surface area contributed by atoms with Gasteiger partial charge in [0, 0.05) is 32.2 Å². The fourth-order valence-corrected chi connectivity index (χ4v) is 3.54. The van der Waals surface area contributed by atoms with Gasteiger partial charge >= 0.3 is 0 Å². The maximum Gasteiger partial charge on any atom is 0.0234 e. The summed E-state index contributed by atoms with van der Waals surface area (Å²) >= 11 is 0. The first-order chi connectivity index (χ1) is 9.76. The first-order valence-corrected chi connectivity index (χ1v) is 8.01. The van der Waals surface area contributed by atoms with E-state index in [4.69, 9.17) is 5.73 Å². The minimum absolute atomic E-state index is 0.464. The molecule has 2 unspecified atom stereocenters. The lowest BCUT2D eigenvalue weighted by Gasteiger charge is -2.37. The van der Waals surface area contributed by atoms with Gasteiger partial charge < -0.3 is 5.73 Å². The largest absolute Gasteiger partial charge is 0.330 e.